The zero-order valence-corrected chi connectivity index (χ0v) is 18.2. The summed E-state index contributed by atoms with van der Waals surface area (Å²) >= 11 is 1.73. The molecule has 0 aliphatic carbocycles. The molecule has 2 rings (SSSR count). The SMILES string of the molecule is CCNC(=NCc1ncc(CC)s1)NCCc1ccc(OC)cc1.I. The molecular weight excluding hydrogens is 447 g/mol. The lowest BCUT2D eigenvalue weighted by Crippen LogP contribution is -2.38. The molecule has 0 unspecified atom stereocenters. The Bertz CT molecular complexity index is 643. The molecule has 1 heterocycles. The predicted octanol–water partition coefficient (Wildman–Crippen LogP) is 3.63. The number of aryl methyl sites for hydroxylation is 1. The standard InChI is InChI=1S/C18H26N4OS.HI/c1-4-16-12-21-17(24-16)13-22-18(19-5-2)20-11-10-14-6-8-15(23-3)9-7-14;/h6-9,12H,4-5,10-11,13H2,1-3H3,(H2,19,20,22);1H. The molecule has 138 valence electrons. The molecule has 0 radical (unpaired) electrons. The number of thiazole rings is 1. The van der Waals surface area contributed by atoms with Crippen molar-refractivity contribution in [2.45, 2.75) is 33.2 Å². The number of rotatable bonds is 8. The number of nitrogens with zero attached hydrogens (tertiary/aromatic N) is 2. The molecule has 1 aromatic heterocycles. The minimum atomic E-state index is 0. The van der Waals surface area contributed by atoms with E-state index in [1.165, 1.54) is 10.4 Å². The second kappa shape index (κ2) is 12.1. The third-order valence-corrected chi connectivity index (χ3v) is 4.66. The van der Waals surface area contributed by atoms with Crippen LogP contribution in [-0.4, -0.2) is 31.1 Å². The number of hydrogen-bond acceptors (Lipinski definition) is 4. The van der Waals surface area contributed by atoms with E-state index in [9.17, 15) is 0 Å². The Labute approximate surface area is 171 Å². The highest BCUT2D eigenvalue weighted by Crippen LogP contribution is 2.14. The fraction of sp³-hybridized carbons (Fsp3) is 0.444. The van der Waals surface area contributed by atoms with Crippen LogP contribution in [0.4, 0.5) is 0 Å². The van der Waals surface area contributed by atoms with Crippen molar-refractivity contribution in [1.29, 1.82) is 0 Å². The summed E-state index contributed by atoms with van der Waals surface area (Å²) in [6.45, 7) is 6.50. The number of aromatic nitrogens is 1. The van der Waals surface area contributed by atoms with E-state index in [2.05, 4.69) is 46.6 Å². The number of aliphatic imine (C=N–C) groups is 1. The highest BCUT2D eigenvalue weighted by molar-refractivity contribution is 14.0. The number of benzene rings is 1. The van der Waals surface area contributed by atoms with Crippen molar-refractivity contribution in [3.8, 4) is 5.75 Å². The molecule has 0 aliphatic heterocycles. The number of methoxy groups -OCH3 is 1. The van der Waals surface area contributed by atoms with Crippen molar-refractivity contribution in [2.75, 3.05) is 20.2 Å². The molecule has 25 heavy (non-hydrogen) atoms. The highest BCUT2D eigenvalue weighted by Gasteiger charge is 2.02. The summed E-state index contributed by atoms with van der Waals surface area (Å²) in [6, 6.07) is 8.16. The van der Waals surface area contributed by atoms with Gasteiger partial charge in [0.25, 0.3) is 0 Å². The second-order valence-corrected chi connectivity index (χ2v) is 6.49. The van der Waals surface area contributed by atoms with Crippen molar-refractivity contribution in [3.05, 3.63) is 45.9 Å². The minimum absolute atomic E-state index is 0. The van der Waals surface area contributed by atoms with Gasteiger partial charge in [0, 0.05) is 24.2 Å². The van der Waals surface area contributed by atoms with Gasteiger partial charge in [0.05, 0.1) is 13.7 Å². The first-order chi connectivity index (χ1) is 11.7. The van der Waals surface area contributed by atoms with Gasteiger partial charge in [0.15, 0.2) is 5.96 Å². The van der Waals surface area contributed by atoms with Crippen LogP contribution in [0.15, 0.2) is 35.5 Å². The third kappa shape index (κ3) is 7.60. The van der Waals surface area contributed by atoms with Crippen LogP contribution in [0.1, 0.15) is 29.3 Å². The smallest absolute Gasteiger partial charge is 0.191 e. The van der Waals surface area contributed by atoms with E-state index in [-0.39, 0.29) is 24.0 Å². The Balaban J connectivity index is 0.00000312. The lowest BCUT2D eigenvalue weighted by atomic mass is 10.1. The van der Waals surface area contributed by atoms with Crippen LogP contribution in [0.2, 0.25) is 0 Å². The lowest BCUT2D eigenvalue weighted by Gasteiger charge is -2.11. The summed E-state index contributed by atoms with van der Waals surface area (Å²) in [6.07, 6.45) is 3.91. The van der Waals surface area contributed by atoms with Gasteiger partial charge in [-0.05, 0) is 37.5 Å². The third-order valence-electron chi connectivity index (χ3n) is 3.53. The van der Waals surface area contributed by atoms with E-state index in [1.807, 2.05) is 18.3 Å². The maximum Gasteiger partial charge on any atom is 0.191 e. The molecule has 0 aliphatic rings. The van der Waals surface area contributed by atoms with Crippen LogP contribution in [0.3, 0.4) is 0 Å². The first-order valence-corrected chi connectivity index (χ1v) is 9.15. The molecule has 2 aromatic rings. The summed E-state index contributed by atoms with van der Waals surface area (Å²) in [7, 11) is 1.68. The van der Waals surface area contributed by atoms with E-state index in [0.29, 0.717) is 6.54 Å². The Hall–Kier alpha value is -1.35. The molecule has 5 nitrogen and oxygen atoms in total. The molecule has 0 saturated carbocycles. The number of halogens is 1. The maximum atomic E-state index is 5.18. The monoisotopic (exact) mass is 474 g/mol. The Morgan fingerprint density at radius 1 is 1.20 bits per heavy atom. The van der Waals surface area contributed by atoms with Gasteiger partial charge in [-0.2, -0.15) is 0 Å². The van der Waals surface area contributed by atoms with Crippen molar-refractivity contribution in [1.82, 2.24) is 15.6 Å². The predicted molar refractivity (Wildman–Crippen MR) is 116 cm³/mol. The molecule has 0 fully saturated rings. The van der Waals surface area contributed by atoms with Gasteiger partial charge in [-0.3, -0.25) is 0 Å². The zero-order valence-electron chi connectivity index (χ0n) is 15.0. The van der Waals surface area contributed by atoms with Crippen molar-refractivity contribution >= 4 is 41.3 Å². The molecular formula is C18H27IN4OS. The van der Waals surface area contributed by atoms with Crippen LogP contribution in [0.25, 0.3) is 0 Å². The van der Waals surface area contributed by atoms with Gasteiger partial charge in [-0.15, -0.1) is 35.3 Å². The molecule has 0 amide bonds. The fourth-order valence-electron chi connectivity index (χ4n) is 2.19. The van der Waals surface area contributed by atoms with Gasteiger partial charge in [-0.25, -0.2) is 9.98 Å². The Kier molecular flexibility index (Phi) is 10.5. The number of guanidine groups is 1. The summed E-state index contributed by atoms with van der Waals surface area (Å²) in [5.74, 6) is 1.72. The van der Waals surface area contributed by atoms with Crippen LogP contribution in [0, 0.1) is 0 Å². The van der Waals surface area contributed by atoms with Gasteiger partial charge in [0.2, 0.25) is 0 Å². The summed E-state index contributed by atoms with van der Waals surface area (Å²) in [4.78, 5) is 10.3. The summed E-state index contributed by atoms with van der Waals surface area (Å²) in [5.41, 5.74) is 1.27. The van der Waals surface area contributed by atoms with Gasteiger partial charge in [-0.1, -0.05) is 19.1 Å². The highest BCUT2D eigenvalue weighted by atomic mass is 127. The molecule has 0 saturated heterocycles. The largest absolute Gasteiger partial charge is 0.497 e. The van der Waals surface area contributed by atoms with Crippen LogP contribution in [-0.2, 0) is 19.4 Å². The molecule has 1 aromatic carbocycles. The van der Waals surface area contributed by atoms with Gasteiger partial charge < -0.3 is 15.4 Å². The normalized spacial score (nSPS) is 10.9. The lowest BCUT2D eigenvalue weighted by molar-refractivity contribution is 0.414. The fourth-order valence-corrected chi connectivity index (χ4v) is 2.98. The van der Waals surface area contributed by atoms with Gasteiger partial charge >= 0.3 is 0 Å². The molecule has 7 heteroatoms. The average molecular weight is 474 g/mol. The van der Waals surface area contributed by atoms with Crippen LogP contribution >= 0.6 is 35.3 Å². The van der Waals surface area contributed by atoms with E-state index < -0.39 is 0 Å². The van der Waals surface area contributed by atoms with Crippen molar-refractivity contribution in [2.24, 2.45) is 4.99 Å². The summed E-state index contributed by atoms with van der Waals surface area (Å²) in [5, 5.41) is 7.70. The Morgan fingerprint density at radius 2 is 1.96 bits per heavy atom. The van der Waals surface area contributed by atoms with E-state index in [0.717, 1.165) is 42.6 Å². The molecule has 0 bridgehead atoms. The quantitative estimate of drug-likeness (QED) is 0.349. The first kappa shape index (κ1) is 21.7. The van der Waals surface area contributed by atoms with E-state index >= 15 is 0 Å². The number of ether oxygens (including phenoxy) is 1. The minimum Gasteiger partial charge on any atom is -0.497 e. The molecule has 0 spiro atoms. The van der Waals surface area contributed by atoms with Crippen molar-refractivity contribution < 1.29 is 4.74 Å². The van der Waals surface area contributed by atoms with E-state index in [4.69, 9.17) is 4.74 Å². The maximum absolute atomic E-state index is 5.18. The first-order valence-electron chi connectivity index (χ1n) is 8.33. The average Bonchev–Trinajstić information content (AvgIpc) is 3.08. The second-order valence-electron chi connectivity index (χ2n) is 5.29. The molecule has 0 atom stereocenters. The number of nitrogens with one attached hydrogen (secondary N) is 2. The van der Waals surface area contributed by atoms with E-state index in [1.54, 1.807) is 18.4 Å². The zero-order chi connectivity index (χ0) is 17.2. The topological polar surface area (TPSA) is 58.5 Å². The number of hydrogen-bond donors (Lipinski definition) is 2. The van der Waals surface area contributed by atoms with Gasteiger partial charge in [0.1, 0.15) is 10.8 Å². The van der Waals surface area contributed by atoms with Crippen molar-refractivity contribution in [3.63, 3.8) is 0 Å². The molecule has 2 N–H and O–H groups in total. The van der Waals surface area contributed by atoms with Crippen LogP contribution < -0.4 is 15.4 Å². The summed E-state index contributed by atoms with van der Waals surface area (Å²) < 4.78 is 5.18. The Morgan fingerprint density at radius 3 is 2.56 bits per heavy atom. The van der Waals surface area contributed by atoms with Crippen LogP contribution in [0.5, 0.6) is 5.75 Å².